The molecular formula is C14H10ClN3O2. The average molecular weight is 288 g/mol. The summed E-state index contributed by atoms with van der Waals surface area (Å²) in [5.74, 6) is 0.202. The Morgan fingerprint density at radius 1 is 1.20 bits per heavy atom. The molecule has 0 aliphatic heterocycles. The molecule has 0 fully saturated rings. The summed E-state index contributed by atoms with van der Waals surface area (Å²) in [4.78, 5) is 11.7. The van der Waals surface area contributed by atoms with Gasteiger partial charge in [0.2, 0.25) is 0 Å². The molecule has 0 amide bonds. The first-order valence-electron chi connectivity index (χ1n) is 5.88. The minimum Gasteiger partial charge on any atom is -0.465 e. The van der Waals surface area contributed by atoms with E-state index >= 15 is 0 Å². The molecule has 0 saturated carbocycles. The minimum atomic E-state index is -0.439. The van der Waals surface area contributed by atoms with Gasteiger partial charge in [0.15, 0.2) is 11.5 Å². The zero-order valence-corrected chi connectivity index (χ0v) is 11.3. The van der Waals surface area contributed by atoms with Crippen molar-refractivity contribution in [3.8, 4) is 11.4 Å². The van der Waals surface area contributed by atoms with Crippen LogP contribution in [0.2, 0.25) is 5.02 Å². The molecule has 2 aromatic heterocycles. The highest BCUT2D eigenvalue weighted by Gasteiger charge is 2.15. The third-order valence-corrected chi connectivity index (χ3v) is 3.19. The summed E-state index contributed by atoms with van der Waals surface area (Å²) in [5.41, 5.74) is 1.70. The molecule has 0 radical (unpaired) electrons. The van der Waals surface area contributed by atoms with E-state index in [0.29, 0.717) is 22.1 Å². The van der Waals surface area contributed by atoms with Gasteiger partial charge >= 0.3 is 5.97 Å². The van der Waals surface area contributed by atoms with Crippen molar-refractivity contribution in [2.75, 3.05) is 7.11 Å². The number of ether oxygens (including phenoxy) is 1. The van der Waals surface area contributed by atoms with Crippen LogP contribution in [0.15, 0.2) is 42.6 Å². The number of halogens is 1. The predicted octanol–water partition coefficient (Wildman–Crippen LogP) is 2.84. The molecule has 0 saturated heterocycles. The van der Waals surface area contributed by atoms with E-state index in [-0.39, 0.29) is 0 Å². The lowest BCUT2D eigenvalue weighted by Crippen LogP contribution is -2.04. The number of pyridine rings is 1. The molecule has 20 heavy (non-hydrogen) atoms. The van der Waals surface area contributed by atoms with Crippen LogP contribution in [0, 0.1) is 0 Å². The van der Waals surface area contributed by atoms with Crippen LogP contribution >= 0.6 is 11.6 Å². The van der Waals surface area contributed by atoms with Gasteiger partial charge in [-0.1, -0.05) is 11.6 Å². The standard InChI is InChI=1S/C14H10ClN3O2/c1-20-14(19)11-3-2-8-18-12(16-17-13(11)18)9-4-6-10(15)7-5-9/h2-8H,1H3. The zero-order chi connectivity index (χ0) is 14.1. The van der Waals surface area contributed by atoms with Gasteiger partial charge < -0.3 is 4.74 Å². The van der Waals surface area contributed by atoms with E-state index in [9.17, 15) is 4.79 Å². The van der Waals surface area contributed by atoms with Crippen LogP contribution < -0.4 is 0 Å². The molecular weight excluding hydrogens is 278 g/mol. The molecule has 0 atom stereocenters. The summed E-state index contributed by atoms with van der Waals surface area (Å²) < 4.78 is 6.48. The van der Waals surface area contributed by atoms with Gasteiger partial charge in [0.05, 0.1) is 7.11 Å². The minimum absolute atomic E-state index is 0.378. The Balaban J connectivity index is 2.19. The Morgan fingerprint density at radius 3 is 2.65 bits per heavy atom. The van der Waals surface area contributed by atoms with Gasteiger partial charge in [-0.25, -0.2) is 4.79 Å². The van der Waals surface area contributed by atoms with Crippen LogP contribution in [0.3, 0.4) is 0 Å². The van der Waals surface area contributed by atoms with Crippen molar-refractivity contribution in [1.82, 2.24) is 14.6 Å². The van der Waals surface area contributed by atoms with Crippen LogP contribution in [0.4, 0.5) is 0 Å². The zero-order valence-electron chi connectivity index (χ0n) is 10.6. The molecule has 0 aliphatic rings. The van der Waals surface area contributed by atoms with Gasteiger partial charge in [0, 0.05) is 16.8 Å². The van der Waals surface area contributed by atoms with E-state index in [4.69, 9.17) is 16.3 Å². The number of esters is 1. The third kappa shape index (κ3) is 2.02. The van der Waals surface area contributed by atoms with Crippen molar-refractivity contribution in [3.63, 3.8) is 0 Å². The molecule has 0 N–H and O–H groups in total. The Kier molecular flexibility index (Phi) is 3.12. The third-order valence-electron chi connectivity index (χ3n) is 2.94. The van der Waals surface area contributed by atoms with E-state index in [1.54, 1.807) is 34.9 Å². The van der Waals surface area contributed by atoms with Gasteiger partial charge in [0.1, 0.15) is 5.56 Å². The Hall–Kier alpha value is -2.40. The second-order valence-corrected chi connectivity index (χ2v) is 4.57. The van der Waals surface area contributed by atoms with Crippen LogP contribution in [-0.2, 0) is 4.74 Å². The molecule has 5 nitrogen and oxygen atoms in total. The second-order valence-electron chi connectivity index (χ2n) is 4.14. The van der Waals surface area contributed by atoms with Crippen molar-refractivity contribution in [3.05, 3.63) is 53.2 Å². The Bertz CT molecular complexity index is 781. The maximum absolute atomic E-state index is 11.7. The normalized spacial score (nSPS) is 10.7. The first-order valence-corrected chi connectivity index (χ1v) is 6.26. The van der Waals surface area contributed by atoms with Crippen molar-refractivity contribution < 1.29 is 9.53 Å². The van der Waals surface area contributed by atoms with Gasteiger partial charge in [-0.05, 0) is 36.4 Å². The van der Waals surface area contributed by atoms with Crippen molar-refractivity contribution >= 4 is 23.2 Å². The summed E-state index contributed by atoms with van der Waals surface area (Å²) >= 11 is 5.87. The predicted molar refractivity (Wildman–Crippen MR) is 74.8 cm³/mol. The molecule has 0 unspecified atom stereocenters. The summed E-state index contributed by atoms with van der Waals surface area (Å²) in [7, 11) is 1.34. The summed E-state index contributed by atoms with van der Waals surface area (Å²) in [6, 6.07) is 10.7. The second kappa shape index (κ2) is 4.94. The Labute approximate surface area is 119 Å². The topological polar surface area (TPSA) is 56.5 Å². The molecule has 0 spiro atoms. The SMILES string of the molecule is COC(=O)c1cccn2c(-c3ccc(Cl)cc3)nnc12. The summed E-state index contributed by atoms with van der Waals surface area (Å²) in [6.45, 7) is 0. The fraction of sp³-hybridized carbons (Fsp3) is 0.0714. The largest absolute Gasteiger partial charge is 0.465 e. The lowest BCUT2D eigenvalue weighted by molar-refractivity contribution is 0.0602. The van der Waals surface area contributed by atoms with Crippen molar-refractivity contribution in [2.45, 2.75) is 0 Å². The maximum Gasteiger partial charge on any atom is 0.341 e. The number of carbonyl (C=O) groups is 1. The molecule has 3 rings (SSSR count). The molecule has 0 aliphatic carbocycles. The first kappa shape index (κ1) is 12.6. The van der Waals surface area contributed by atoms with Crippen LogP contribution in [-0.4, -0.2) is 27.7 Å². The molecule has 6 heteroatoms. The monoisotopic (exact) mass is 287 g/mol. The van der Waals surface area contributed by atoms with Crippen LogP contribution in [0.5, 0.6) is 0 Å². The summed E-state index contributed by atoms with van der Waals surface area (Å²) in [5, 5.41) is 8.85. The average Bonchev–Trinajstić information content (AvgIpc) is 2.91. The van der Waals surface area contributed by atoms with E-state index in [1.165, 1.54) is 7.11 Å². The Morgan fingerprint density at radius 2 is 1.95 bits per heavy atom. The van der Waals surface area contributed by atoms with Crippen LogP contribution in [0.25, 0.3) is 17.0 Å². The van der Waals surface area contributed by atoms with E-state index in [1.807, 2.05) is 12.1 Å². The fourth-order valence-corrected chi connectivity index (χ4v) is 2.11. The highest BCUT2D eigenvalue weighted by Crippen LogP contribution is 2.22. The molecule has 3 aromatic rings. The first-order chi connectivity index (χ1) is 9.70. The molecule has 1 aromatic carbocycles. The van der Waals surface area contributed by atoms with Crippen molar-refractivity contribution in [1.29, 1.82) is 0 Å². The highest BCUT2D eigenvalue weighted by molar-refractivity contribution is 6.30. The maximum atomic E-state index is 11.7. The molecule has 0 bridgehead atoms. The number of fused-ring (bicyclic) bond motifs is 1. The number of benzene rings is 1. The van der Waals surface area contributed by atoms with Gasteiger partial charge in [-0.2, -0.15) is 0 Å². The quantitative estimate of drug-likeness (QED) is 0.680. The lowest BCUT2D eigenvalue weighted by Gasteiger charge is -2.03. The van der Waals surface area contributed by atoms with Gasteiger partial charge in [-0.15, -0.1) is 10.2 Å². The number of hydrogen-bond acceptors (Lipinski definition) is 4. The number of carbonyl (C=O) groups excluding carboxylic acids is 1. The number of methoxy groups -OCH3 is 1. The van der Waals surface area contributed by atoms with Gasteiger partial charge in [-0.3, -0.25) is 4.40 Å². The van der Waals surface area contributed by atoms with Gasteiger partial charge in [0.25, 0.3) is 0 Å². The number of aromatic nitrogens is 3. The highest BCUT2D eigenvalue weighted by atomic mass is 35.5. The van der Waals surface area contributed by atoms with Crippen molar-refractivity contribution in [2.24, 2.45) is 0 Å². The molecule has 100 valence electrons. The van der Waals surface area contributed by atoms with E-state index in [2.05, 4.69) is 10.2 Å². The van der Waals surface area contributed by atoms with E-state index in [0.717, 1.165) is 5.56 Å². The lowest BCUT2D eigenvalue weighted by atomic mass is 10.2. The fourth-order valence-electron chi connectivity index (χ4n) is 1.98. The van der Waals surface area contributed by atoms with E-state index < -0.39 is 5.97 Å². The van der Waals surface area contributed by atoms with Crippen LogP contribution in [0.1, 0.15) is 10.4 Å². The molecule has 2 heterocycles. The number of nitrogens with zero attached hydrogens (tertiary/aromatic N) is 3. The smallest absolute Gasteiger partial charge is 0.341 e. The number of hydrogen-bond donors (Lipinski definition) is 0. The summed E-state index contributed by atoms with van der Waals surface area (Å²) in [6.07, 6.45) is 1.80. The number of rotatable bonds is 2.